The van der Waals surface area contributed by atoms with Crippen LogP contribution in [0.4, 0.5) is 34.6 Å². The second kappa shape index (κ2) is 27.2. The molecule has 4 rings (SSSR count). The first-order chi connectivity index (χ1) is 23.5. The zero-order chi connectivity index (χ0) is 36.7. The van der Waals surface area contributed by atoms with Gasteiger partial charge in [-0.05, 0) is 61.5 Å². The van der Waals surface area contributed by atoms with E-state index in [1.807, 2.05) is 120 Å². The molecule has 0 saturated carbocycles. The molecule has 0 saturated heterocycles. The molecule has 17 nitrogen and oxygen atoms in total. The van der Waals surface area contributed by atoms with E-state index in [1.54, 1.807) is 0 Å². The topological polar surface area (TPSA) is 218 Å². The van der Waals surface area contributed by atoms with Crippen molar-refractivity contribution < 1.29 is 37.6 Å². The van der Waals surface area contributed by atoms with Crippen molar-refractivity contribution in [2.24, 2.45) is 54.4 Å². The molecule has 0 atom stereocenters. The summed E-state index contributed by atoms with van der Waals surface area (Å²) in [4.78, 5) is 0. The average Bonchev–Trinajstić information content (AvgIpc) is 3.60. The van der Waals surface area contributed by atoms with Crippen LogP contribution in [0, 0.1) is 0 Å². The Hall–Kier alpha value is -4.59. The number of nitrogens with one attached hydrogen (secondary N) is 2. The third kappa shape index (κ3) is 20.0. The maximum Gasteiger partial charge on any atom is 0.421 e. The Morgan fingerprint density at radius 3 is 1.45 bits per heavy atom. The van der Waals surface area contributed by atoms with Crippen LogP contribution in [-0.4, -0.2) is 74.5 Å². The lowest BCUT2D eigenvalue weighted by atomic mass is 10.3. The summed E-state index contributed by atoms with van der Waals surface area (Å²) in [5.41, 5.74) is 9.33. The summed E-state index contributed by atoms with van der Waals surface area (Å²) in [7, 11) is 7.28. The van der Waals surface area contributed by atoms with E-state index < -0.39 is 10.1 Å². The van der Waals surface area contributed by atoms with Gasteiger partial charge in [0.05, 0.1) is 72.8 Å². The Bertz CT molecular complexity index is 1600. The molecule has 0 aliphatic rings. The van der Waals surface area contributed by atoms with Crippen molar-refractivity contribution >= 4 is 44.8 Å². The standard InChI is InChI=1S/C15H22N6.C14H20N6.CH4O4S.CH4O.2CH4/c1-16-9-4-10-17-13-5-7-14(8-6-13)18-19-15-20(2)11-12-21(15)3;1-19-10-11-20(2)14(19)18-17-13-6-4-12(5-7-13)16-9-3-8-15;1-6(3,4)5-2;1-2;;/h5-8,11-12,16H,4,9-10H2,1-3H3;4-7,10-11H,3,8-9,15H2,1-2H3;2H,1H3;2H,1H3;2*1H4/p+3. The highest BCUT2D eigenvalue weighted by molar-refractivity contribution is 7.85. The summed E-state index contributed by atoms with van der Waals surface area (Å²) >= 11 is 0. The van der Waals surface area contributed by atoms with Crippen molar-refractivity contribution in [1.29, 1.82) is 0 Å². The first-order valence-corrected chi connectivity index (χ1v) is 17.3. The Labute approximate surface area is 303 Å². The highest BCUT2D eigenvalue weighted by atomic mass is 32.2. The number of aliphatic hydroxyl groups is 1. The molecule has 2 heterocycles. The van der Waals surface area contributed by atoms with Gasteiger partial charge in [0.15, 0.2) is 0 Å². The lowest BCUT2D eigenvalue weighted by molar-refractivity contribution is -0.657. The number of rotatable bonds is 14. The van der Waals surface area contributed by atoms with Crippen molar-refractivity contribution in [3.8, 4) is 0 Å². The van der Waals surface area contributed by atoms with Crippen LogP contribution in [0.15, 0.2) is 93.8 Å². The number of nitrogens with zero attached hydrogens (tertiary/aromatic N) is 8. The second-order valence-corrected chi connectivity index (χ2v) is 12.0. The molecule has 4 aromatic rings. The minimum absolute atomic E-state index is 0. The van der Waals surface area contributed by atoms with E-state index in [2.05, 4.69) is 47.8 Å². The Balaban J connectivity index is 0. The Morgan fingerprint density at radius 2 is 1.16 bits per heavy atom. The third-order valence-electron chi connectivity index (χ3n) is 6.38. The van der Waals surface area contributed by atoms with Crippen molar-refractivity contribution in [3.63, 3.8) is 0 Å². The molecule has 286 valence electrons. The fourth-order valence-corrected chi connectivity index (χ4v) is 3.82. The molecule has 2 aromatic carbocycles. The fraction of sp³-hybridized carbons (Fsp3) is 0.455. The number of nitrogens with two attached hydrogens (primary N) is 2. The van der Waals surface area contributed by atoms with Crippen LogP contribution >= 0.6 is 0 Å². The molecular weight excluding hydrogens is 677 g/mol. The van der Waals surface area contributed by atoms with Gasteiger partial charge in [-0.15, -0.1) is 4.33 Å². The molecule has 51 heavy (non-hydrogen) atoms. The van der Waals surface area contributed by atoms with Gasteiger partial charge in [0.25, 0.3) is 10.1 Å². The molecule has 0 spiro atoms. The van der Waals surface area contributed by atoms with E-state index in [9.17, 15) is 8.42 Å². The van der Waals surface area contributed by atoms with Crippen LogP contribution in [0.2, 0.25) is 0 Å². The molecule has 0 aliphatic carbocycles. The number of aryl methyl sites for hydroxylation is 4. The molecule has 0 amide bonds. The first-order valence-electron chi connectivity index (χ1n) is 15.5. The number of azo groups is 2. The zero-order valence-electron chi connectivity index (χ0n) is 29.4. The third-order valence-corrected chi connectivity index (χ3v) is 6.65. The van der Waals surface area contributed by atoms with Crippen LogP contribution < -0.4 is 30.8 Å². The maximum absolute atomic E-state index is 9.53. The number of imidazole rings is 2. The van der Waals surface area contributed by atoms with Gasteiger partial charge >= 0.3 is 11.9 Å². The minimum atomic E-state index is -3.61. The molecular formula is C33H61N12O5S+3. The van der Waals surface area contributed by atoms with E-state index in [1.165, 1.54) is 0 Å². The van der Waals surface area contributed by atoms with Crippen LogP contribution in [0.5, 0.6) is 0 Å². The van der Waals surface area contributed by atoms with E-state index in [-0.39, 0.29) is 14.9 Å². The highest BCUT2D eigenvalue weighted by Gasteiger charge is 2.11. The largest absolute Gasteiger partial charge is 0.421 e. The highest BCUT2D eigenvalue weighted by Crippen LogP contribution is 2.19. The van der Waals surface area contributed by atoms with E-state index in [0.717, 1.165) is 80.5 Å². The Morgan fingerprint density at radius 1 is 0.784 bits per heavy atom. The summed E-state index contributed by atoms with van der Waals surface area (Å²) < 4.78 is 29.7. The number of aromatic nitrogens is 4. The van der Waals surface area contributed by atoms with Crippen LogP contribution in [0.25, 0.3) is 0 Å². The van der Waals surface area contributed by atoms with Gasteiger partial charge in [0.2, 0.25) is 0 Å². The predicted molar refractivity (Wildman–Crippen MR) is 203 cm³/mol. The van der Waals surface area contributed by atoms with Gasteiger partial charge in [0, 0.05) is 48.2 Å². The Kier molecular flexibility index (Phi) is 25.9. The second-order valence-electron chi connectivity index (χ2n) is 10.5. The van der Waals surface area contributed by atoms with Crippen LogP contribution in [0.1, 0.15) is 27.7 Å². The SMILES string of the molecule is C.C.CO.CS(=O)(=O)OO.C[NH2+]CCCNc1ccc(N=Nc2n(C)cc[n+]2C)cc1.Cn1cc[n+](C)c1N=Nc1ccc(NCCCN)cc1. The number of hydrogen-bond donors (Lipinski definition) is 6. The predicted octanol–water partition coefficient (Wildman–Crippen LogP) is 3.60. The molecule has 8 N–H and O–H groups in total. The van der Waals surface area contributed by atoms with E-state index in [0.29, 0.717) is 6.54 Å². The van der Waals surface area contributed by atoms with Gasteiger partial charge in [-0.2, -0.15) is 8.42 Å². The van der Waals surface area contributed by atoms with Gasteiger partial charge in [-0.1, -0.05) is 25.1 Å². The molecule has 2 aromatic heterocycles. The zero-order valence-corrected chi connectivity index (χ0v) is 30.2. The van der Waals surface area contributed by atoms with Crippen LogP contribution in [-0.2, 0) is 42.6 Å². The summed E-state index contributed by atoms with van der Waals surface area (Å²) in [6, 6.07) is 15.9. The summed E-state index contributed by atoms with van der Waals surface area (Å²) in [6.45, 7) is 3.72. The maximum atomic E-state index is 9.53. The summed E-state index contributed by atoms with van der Waals surface area (Å²) in [6.07, 6.45) is 10.7. The quantitative estimate of drug-likeness (QED) is 0.0369. The van der Waals surface area contributed by atoms with E-state index in [4.69, 9.17) is 16.1 Å². The normalized spacial score (nSPS) is 10.5. The molecule has 0 aliphatic heterocycles. The monoisotopic (exact) mass is 737 g/mol. The molecule has 0 unspecified atom stereocenters. The number of anilines is 2. The van der Waals surface area contributed by atoms with Crippen molar-refractivity contribution in [3.05, 3.63) is 73.3 Å². The number of benzene rings is 2. The van der Waals surface area contributed by atoms with Crippen LogP contribution in [0.3, 0.4) is 0 Å². The molecule has 18 heteroatoms. The summed E-state index contributed by atoms with van der Waals surface area (Å²) in [5.74, 6) is 1.61. The lowest BCUT2D eigenvalue weighted by Gasteiger charge is -2.04. The first kappa shape index (κ1) is 48.5. The van der Waals surface area contributed by atoms with Gasteiger partial charge in [-0.25, -0.2) is 23.5 Å². The lowest BCUT2D eigenvalue weighted by Crippen LogP contribution is -2.79. The molecule has 0 radical (unpaired) electrons. The van der Waals surface area contributed by atoms with Gasteiger partial charge < -0.3 is 26.8 Å². The summed E-state index contributed by atoms with van der Waals surface area (Å²) in [5, 5.41) is 40.2. The van der Waals surface area contributed by atoms with Crippen molar-refractivity contribution in [2.75, 3.05) is 57.2 Å². The van der Waals surface area contributed by atoms with Gasteiger partial charge in [-0.3, -0.25) is 0 Å². The molecule has 0 bridgehead atoms. The van der Waals surface area contributed by atoms with Gasteiger partial charge in [0.1, 0.15) is 11.4 Å². The van der Waals surface area contributed by atoms with Crippen molar-refractivity contribution in [2.45, 2.75) is 27.7 Å². The minimum Gasteiger partial charge on any atom is -0.400 e. The fourth-order valence-electron chi connectivity index (χ4n) is 3.82. The molecule has 0 fully saturated rings. The van der Waals surface area contributed by atoms with Crippen molar-refractivity contribution in [1.82, 2.24) is 9.13 Å². The number of aliphatic hydroxyl groups excluding tert-OH is 1. The number of hydrogen-bond acceptors (Lipinski definition) is 12. The van der Waals surface area contributed by atoms with E-state index >= 15 is 0 Å². The smallest absolute Gasteiger partial charge is 0.400 e. The average molecular weight is 738 g/mol. The number of quaternary nitrogens is 1.